The molecule has 0 radical (unpaired) electrons. The van der Waals surface area contributed by atoms with E-state index in [0.717, 1.165) is 22.1 Å². The van der Waals surface area contributed by atoms with Gasteiger partial charge >= 0.3 is 0 Å². The van der Waals surface area contributed by atoms with Crippen LogP contribution in [-0.4, -0.2) is 11.0 Å². The minimum Gasteiger partial charge on any atom is -0.397 e. The standard InChI is InChI=1S/C12H16BrN3/c13-10-5-9(14)6-15-12(10)16-11(7-1-2-7)8-3-4-8/h5-8,11H,1-4,14H2,(H,15,16). The van der Waals surface area contributed by atoms with Crippen LogP contribution in [0.3, 0.4) is 0 Å². The van der Waals surface area contributed by atoms with E-state index < -0.39 is 0 Å². The maximum Gasteiger partial charge on any atom is 0.140 e. The van der Waals surface area contributed by atoms with Crippen molar-refractivity contribution in [3.8, 4) is 0 Å². The fourth-order valence-corrected chi connectivity index (χ4v) is 2.73. The molecule has 2 saturated carbocycles. The number of hydrogen-bond acceptors (Lipinski definition) is 3. The largest absolute Gasteiger partial charge is 0.397 e. The van der Waals surface area contributed by atoms with Crippen molar-refractivity contribution in [2.75, 3.05) is 11.1 Å². The highest BCUT2D eigenvalue weighted by Crippen LogP contribution is 2.46. The van der Waals surface area contributed by atoms with E-state index in [1.807, 2.05) is 6.07 Å². The molecule has 1 aromatic rings. The number of hydrogen-bond donors (Lipinski definition) is 2. The summed E-state index contributed by atoms with van der Waals surface area (Å²) in [6.45, 7) is 0. The van der Waals surface area contributed by atoms with Gasteiger partial charge in [0.25, 0.3) is 0 Å². The molecule has 0 amide bonds. The van der Waals surface area contributed by atoms with Crippen molar-refractivity contribution >= 4 is 27.4 Å². The van der Waals surface area contributed by atoms with Crippen molar-refractivity contribution < 1.29 is 0 Å². The van der Waals surface area contributed by atoms with E-state index in [2.05, 4.69) is 26.2 Å². The van der Waals surface area contributed by atoms with Crippen LogP contribution in [0.5, 0.6) is 0 Å². The van der Waals surface area contributed by atoms with E-state index >= 15 is 0 Å². The Bertz CT molecular complexity index is 387. The first-order chi connectivity index (χ1) is 7.74. The lowest BCUT2D eigenvalue weighted by Crippen LogP contribution is -2.25. The predicted octanol–water partition coefficient (Wildman–Crippen LogP) is 3.03. The van der Waals surface area contributed by atoms with E-state index in [9.17, 15) is 0 Å². The number of anilines is 2. The lowest BCUT2D eigenvalue weighted by molar-refractivity contribution is 0.565. The zero-order valence-electron chi connectivity index (χ0n) is 9.12. The molecular weight excluding hydrogens is 266 g/mol. The third-order valence-electron chi connectivity index (χ3n) is 3.43. The fourth-order valence-electron chi connectivity index (χ4n) is 2.25. The molecule has 0 saturated heterocycles. The highest BCUT2D eigenvalue weighted by molar-refractivity contribution is 9.10. The van der Waals surface area contributed by atoms with Crippen molar-refractivity contribution in [2.24, 2.45) is 11.8 Å². The van der Waals surface area contributed by atoms with Crippen LogP contribution in [0.2, 0.25) is 0 Å². The van der Waals surface area contributed by atoms with Gasteiger partial charge in [-0.1, -0.05) is 0 Å². The molecule has 3 nitrogen and oxygen atoms in total. The normalized spacial score (nSPS) is 20.1. The number of rotatable bonds is 4. The molecule has 0 aromatic carbocycles. The van der Waals surface area contributed by atoms with E-state index in [-0.39, 0.29) is 0 Å². The number of halogens is 1. The molecule has 0 atom stereocenters. The van der Waals surface area contributed by atoms with Gasteiger partial charge < -0.3 is 11.1 Å². The van der Waals surface area contributed by atoms with Gasteiger partial charge in [0.2, 0.25) is 0 Å². The quantitative estimate of drug-likeness (QED) is 0.892. The first-order valence-corrected chi connectivity index (χ1v) is 6.71. The summed E-state index contributed by atoms with van der Waals surface area (Å²) in [6.07, 6.45) is 7.22. The van der Waals surface area contributed by atoms with E-state index in [0.29, 0.717) is 11.7 Å². The summed E-state index contributed by atoms with van der Waals surface area (Å²) in [5.41, 5.74) is 6.38. The Hall–Kier alpha value is -0.770. The number of aromatic nitrogens is 1. The molecule has 2 aliphatic carbocycles. The zero-order chi connectivity index (χ0) is 11.1. The second-order valence-corrected chi connectivity index (χ2v) is 5.80. The van der Waals surface area contributed by atoms with Crippen LogP contribution in [0.1, 0.15) is 25.7 Å². The molecule has 2 aliphatic rings. The monoisotopic (exact) mass is 281 g/mol. The summed E-state index contributed by atoms with van der Waals surface area (Å²) >= 11 is 3.51. The van der Waals surface area contributed by atoms with Gasteiger partial charge in [0.05, 0.1) is 16.4 Å². The predicted molar refractivity (Wildman–Crippen MR) is 69.2 cm³/mol. The molecule has 4 heteroatoms. The van der Waals surface area contributed by atoms with Gasteiger partial charge in [-0.3, -0.25) is 0 Å². The van der Waals surface area contributed by atoms with Gasteiger partial charge in [0.1, 0.15) is 5.82 Å². The van der Waals surface area contributed by atoms with Crippen molar-refractivity contribution in [1.82, 2.24) is 4.98 Å². The average Bonchev–Trinajstić information content (AvgIpc) is 3.11. The number of nitrogens with one attached hydrogen (secondary N) is 1. The van der Waals surface area contributed by atoms with Crippen LogP contribution in [0.4, 0.5) is 11.5 Å². The summed E-state index contributed by atoms with van der Waals surface area (Å²) < 4.78 is 0.971. The smallest absolute Gasteiger partial charge is 0.140 e. The second kappa shape index (κ2) is 3.91. The molecule has 16 heavy (non-hydrogen) atoms. The van der Waals surface area contributed by atoms with Crippen molar-refractivity contribution in [1.29, 1.82) is 0 Å². The van der Waals surface area contributed by atoms with E-state index in [1.54, 1.807) is 6.20 Å². The lowest BCUT2D eigenvalue weighted by Gasteiger charge is -2.19. The number of nitrogens with two attached hydrogens (primary N) is 1. The van der Waals surface area contributed by atoms with Crippen molar-refractivity contribution in [3.05, 3.63) is 16.7 Å². The molecule has 0 bridgehead atoms. The summed E-state index contributed by atoms with van der Waals surface area (Å²) in [5.74, 6) is 2.69. The lowest BCUT2D eigenvalue weighted by atomic mass is 10.1. The van der Waals surface area contributed by atoms with Crippen LogP contribution in [0.15, 0.2) is 16.7 Å². The molecule has 3 N–H and O–H groups in total. The number of nitrogens with zero attached hydrogens (tertiary/aromatic N) is 1. The first-order valence-electron chi connectivity index (χ1n) is 5.91. The molecule has 86 valence electrons. The molecule has 3 rings (SSSR count). The molecule has 0 aliphatic heterocycles. The van der Waals surface area contributed by atoms with Crippen molar-refractivity contribution in [2.45, 2.75) is 31.7 Å². The highest BCUT2D eigenvalue weighted by Gasteiger charge is 2.41. The third kappa shape index (κ3) is 2.17. The molecule has 0 spiro atoms. The topological polar surface area (TPSA) is 50.9 Å². The van der Waals surface area contributed by atoms with Crippen LogP contribution in [0.25, 0.3) is 0 Å². The minimum atomic E-state index is 0.632. The van der Waals surface area contributed by atoms with Gasteiger partial charge in [0, 0.05) is 6.04 Å². The Balaban J connectivity index is 1.76. The second-order valence-electron chi connectivity index (χ2n) is 4.94. The van der Waals surface area contributed by atoms with Gasteiger partial charge in [-0.25, -0.2) is 4.98 Å². The Morgan fingerprint density at radius 1 is 1.31 bits per heavy atom. The summed E-state index contributed by atoms with van der Waals surface area (Å²) in [7, 11) is 0. The average molecular weight is 282 g/mol. The summed E-state index contributed by atoms with van der Waals surface area (Å²) in [6, 6.07) is 2.54. The number of nitrogen functional groups attached to an aromatic ring is 1. The molecule has 1 aromatic heterocycles. The van der Waals surface area contributed by atoms with Gasteiger partial charge in [-0.05, 0) is 59.5 Å². The number of pyridine rings is 1. The van der Waals surface area contributed by atoms with Gasteiger partial charge in [-0.2, -0.15) is 0 Å². The van der Waals surface area contributed by atoms with Crippen molar-refractivity contribution in [3.63, 3.8) is 0 Å². The van der Waals surface area contributed by atoms with E-state index in [1.165, 1.54) is 25.7 Å². The zero-order valence-corrected chi connectivity index (χ0v) is 10.7. The highest BCUT2D eigenvalue weighted by atomic mass is 79.9. The Morgan fingerprint density at radius 2 is 1.94 bits per heavy atom. The van der Waals surface area contributed by atoms with Crippen LogP contribution in [-0.2, 0) is 0 Å². The van der Waals surface area contributed by atoms with Gasteiger partial charge in [0.15, 0.2) is 0 Å². The molecule has 2 fully saturated rings. The SMILES string of the molecule is Nc1cnc(NC(C2CC2)C2CC2)c(Br)c1. The van der Waals surface area contributed by atoms with Crippen LogP contribution < -0.4 is 11.1 Å². The van der Waals surface area contributed by atoms with Gasteiger partial charge in [-0.15, -0.1) is 0 Å². The van der Waals surface area contributed by atoms with Crippen LogP contribution >= 0.6 is 15.9 Å². The Labute approximate surface area is 104 Å². The van der Waals surface area contributed by atoms with E-state index in [4.69, 9.17) is 5.73 Å². The minimum absolute atomic E-state index is 0.632. The molecule has 1 heterocycles. The maximum absolute atomic E-state index is 5.68. The first kappa shape index (κ1) is 10.4. The Morgan fingerprint density at radius 3 is 2.44 bits per heavy atom. The van der Waals surface area contributed by atoms with Crippen LogP contribution in [0, 0.1) is 11.8 Å². The summed E-state index contributed by atoms with van der Waals surface area (Å²) in [5, 5.41) is 3.58. The summed E-state index contributed by atoms with van der Waals surface area (Å²) in [4.78, 5) is 4.35. The maximum atomic E-state index is 5.68. The third-order valence-corrected chi connectivity index (χ3v) is 4.03. The molecular formula is C12H16BrN3. The molecule has 0 unspecified atom stereocenters. The fraction of sp³-hybridized carbons (Fsp3) is 0.583. The Kier molecular flexibility index (Phi) is 2.54.